The highest BCUT2D eigenvalue weighted by Gasteiger charge is 2.37. The maximum Gasteiger partial charge on any atom is 0.142 e. The van der Waals surface area contributed by atoms with Gasteiger partial charge in [0.05, 0.1) is 11.6 Å². The number of nitrogens with two attached hydrogens (primary N) is 1. The van der Waals surface area contributed by atoms with Crippen LogP contribution in [0.5, 0.6) is 5.75 Å². The highest BCUT2D eigenvalue weighted by Crippen LogP contribution is 2.45. The Morgan fingerprint density at radius 1 is 1.35 bits per heavy atom. The molecule has 3 rings (SSSR count). The van der Waals surface area contributed by atoms with Gasteiger partial charge >= 0.3 is 0 Å². The zero-order valence-corrected chi connectivity index (χ0v) is 10.7. The van der Waals surface area contributed by atoms with Gasteiger partial charge in [0.2, 0.25) is 0 Å². The summed E-state index contributed by atoms with van der Waals surface area (Å²) in [6.45, 7) is 0.785. The van der Waals surface area contributed by atoms with Crippen molar-refractivity contribution in [2.45, 2.75) is 37.6 Å². The maximum atomic E-state index is 6.38. The van der Waals surface area contributed by atoms with Crippen LogP contribution in [0.15, 0.2) is 18.2 Å². The first-order valence-electron chi connectivity index (χ1n) is 6.40. The monoisotopic (exact) mass is 251 g/mol. The average molecular weight is 252 g/mol. The van der Waals surface area contributed by atoms with Crippen molar-refractivity contribution in [3.05, 3.63) is 28.8 Å². The standard InChI is InChI=1S/C14H18ClNO/c15-12-4-1-3-11(14(16)7-2-8-14)13(12)17-9-10-5-6-10/h1,3-4,10H,2,5-9,16H2. The number of benzene rings is 1. The molecule has 0 spiro atoms. The molecule has 2 saturated carbocycles. The zero-order chi connectivity index (χ0) is 11.9. The van der Waals surface area contributed by atoms with Crippen LogP contribution >= 0.6 is 11.6 Å². The molecule has 92 valence electrons. The van der Waals surface area contributed by atoms with Crippen molar-refractivity contribution in [1.82, 2.24) is 0 Å². The minimum Gasteiger partial charge on any atom is -0.491 e. The Labute approximate surface area is 107 Å². The summed E-state index contributed by atoms with van der Waals surface area (Å²) in [5.41, 5.74) is 7.27. The average Bonchev–Trinajstić information content (AvgIpc) is 3.08. The van der Waals surface area contributed by atoms with E-state index in [1.807, 2.05) is 12.1 Å². The number of halogens is 1. The van der Waals surface area contributed by atoms with Crippen molar-refractivity contribution in [3.63, 3.8) is 0 Å². The Balaban J connectivity index is 1.87. The molecule has 0 radical (unpaired) electrons. The fourth-order valence-electron chi connectivity index (χ4n) is 2.36. The van der Waals surface area contributed by atoms with Gasteiger partial charge in [-0.05, 0) is 44.1 Å². The molecule has 2 aliphatic carbocycles. The van der Waals surface area contributed by atoms with E-state index in [-0.39, 0.29) is 5.54 Å². The molecule has 0 unspecified atom stereocenters. The molecule has 2 nitrogen and oxygen atoms in total. The van der Waals surface area contributed by atoms with Crippen LogP contribution in [0.3, 0.4) is 0 Å². The summed E-state index contributed by atoms with van der Waals surface area (Å²) in [4.78, 5) is 0. The predicted octanol–water partition coefficient (Wildman–Crippen LogP) is 3.47. The smallest absolute Gasteiger partial charge is 0.142 e. The lowest BCUT2D eigenvalue weighted by molar-refractivity contribution is 0.232. The summed E-state index contributed by atoms with van der Waals surface area (Å²) in [7, 11) is 0. The van der Waals surface area contributed by atoms with E-state index in [0.29, 0.717) is 5.02 Å². The van der Waals surface area contributed by atoms with Gasteiger partial charge in [0.25, 0.3) is 0 Å². The summed E-state index contributed by atoms with van der Waals surface area (Å²) in [6, 6.07) is 5.91. The minimum atomic E-state index is -0.205. The van der Waals surface area contributed by atoms with E-state index in [4.69, 9.17) is 22.1 Å². The Kier molecular flexibility index (Phi) is 2.80. The number of para-hydroxylation sites is 1. The first-order valence-corrected chi connectivity index (χ1v) is 6.77. The Hall–Kier alpha value is -0.730. The van der Waals surface area contributed by atoms with Crippen molar-refractivity contribution in [2.24, 2.45) is 11.7 Å². The Morgan fingerprint density at radius 2 is 2.12 bits per heavy atom. The Bertz CT molecular complexity index is 424. The lowest BCUT2D eigenvalue weighted by Gasteiger charge is -2.39. The van der Waals surface area contributed by atoms with Crippen LogP contribution < -0.4 is 10.5 Å². The van der Waals surface area contributed by atoms with Crippen LogP contribution in [0.4, 0.5) is 0 Å². The number of hydrogen-bond acceptors (Lipinski definition) is 2. The molecule has 0 amide bonds. The van der Waals surface area contributed by atoms with E-state index >= 15 is 0 Å². The summed E-state index contributed by atoms with van der Waals surface area (Å²) >= 11 is 6.24. The minimum absolute atomic E-state index is 0.205. The van der Waals surface area contributed by atoms with Gasteiger partial charge in [-0.3, -0.25) is 0 Å². The van der Waals surface area contributed by atoms with Crippen LogP contribution in [0.25, 0.3) is 0 Å². The van der Waals surface area contributed by atoms with Crippen molar-refractivity contribution in [2.75, 3.05) is 6.61 Å². The summed E-state index contributed by atoms with van der Waals surface area (Å²) < 4.78 is 5.90. The normalized spacial score (nSPS) is 22.0. The van der Waals surface area contributed by atoms with Crippen molar-refractivity contribution in [1.29, 1.82) is 0 Å². The first-order chi connectivity index (χ1) is 8.19. The van der Waals surface area contributed by atoms with Gasteiger partial charge in [-0.15, -0.1) is 0 Å². The molecule has 3 heteroatoms. The van der Waals surface area contributed by atoms with Crippen molar-refractivity contribution < 1.29 is 4.74 Å². The molecule has 0 saturated heterocycles. The van der Waals surface area contributed by atoms with Gasteiger partial charge in [0.1, 0.15) is 5.75 Å². The van der Waals surface area contributed by atoms with Crippen LogP contribution in [0.2, 0.25) is 5.02 Å². The van der Waals surface area contributed by atoms with Crippen molar-refractivity contribution >= 4 is 11.6 Å². The molecule has 0 atom stereocenters. The molecule has 1 aromatic rings. The van der Waals surface area contributed by atoms with E-state index < -0.39 is 0 Å². The third-order valence-corrected chi connectivity index (χ3v) is 4.21. The number of hydrogen-bond donors (Lipinski definition) is 1. The van der Waals surface area contributed by atoms with Gasteiger partial charge in [0.15, 0.2) is 0 Å². The van der Waals surface area contributed by atoms with Gasteiger partial charge in [-0.1, -0.05) is 23.7 Å². The molecule has 2 aliphatic rings. The number of ether oxygens (including phenoxy) is 1. The molecular formula is C14H18ClNO. The predicted molar refractivity (Wildman–Crippen MR) is 69.4 cm³/mol. The lowest BCUT2D eigenvalue weighted by Crippen LogP contribution is -2.43. The molecule has 1 aromatic carbocycles. The van der Waals surface area contributed by atoms with E-state index in [1.54, 1.807) is 0 Å². The molecule has 0 bridgehead atoms. The quantitative estimate of drug-likeness (QED) is 0.889. The molecule has 0 heterocycles. The largest absolute Gasteiger partial charge is 0.491 e. The van der Waals surface area contributed by atoms with Crippen LogP contribution in [-0.2, 0) is 5.54 Å². The van der Waals surface area contributed by atoms with E-state index in [1.165, 1.54) is 19.3 Å². The van der Waals surface area contributed by atoms with E-state index in [2.05, 4.69) is 6.07 Å². The fraction of sp³-hybridized carbons (Fsp3) is 0.571. The second kappa shape index (κ2) is 4.18. The summed E-state index contributed by atoms with van der Waals surface area (Å²) in [5.74, 6) is 1.55. The summed E-state index contributed by atoms with van der Waals surface area (Å²) in [5, 5.41) is 0.694. The van der Waals surface area contributed by atoms with Gasteiger partial charge in [0, 0.05) is 11.1 Å². The molecular weight excluding hydrogens is 234 g/mol. The highest BCUT2D eigenvalue weighted by molar-refractivity contribution is 6.32. The molecule has 17 heavy (non-hydrogen) atoms. The second-order valence-electron chi connectivity index (χ2n) is 5.38. The summed E-state index contributed by atoms with van der Waals surface area (Å²) in [6.07, 6.45) is 5.84. The van der Waals surface area contributed by atoms with Crippen molar-refractivity contribution in [3.8, 4) is 5.75 Å². The van der Waals surface area contributed by atoms with Gasteiger partial charge in [-0.2, -0.15) is 0 Å². The molecule has 0 aromatic heterocycles. The second-order valence-corrected chi connectivity index (χ2v) is 5.79. The number of rotatable bonds is 4. The maximum absolute atomic E-state index is 6.38. The van der Waals surface area contributed by atoms with Crippen LogP contribution in [0.1, 0.15) is 37.7 Å². The third kappa shape index (κ3) is 2.16. The topological polar surface area (TPSA) is 35.2 Å². The fourth-order valence-corrected chi connectivity index (χ4v) is 2.59. The molecule has 2 fully saturated rings. The Morgan fingerprint density at radius 3 is 2.71 bits per heavy atom. The first kappa shape index (κ1) is 11.4. The van der Waals surface area contributed by atoms with E-state index in [0.717, 1.165) is 36.7 Å². The van der Waals surface area contributed by atoms with Gasteiger partial charge in [-0.25, -0.2) is 0 Å². The lowest BCUT2D eigenvalue weighted by atomic mass is 9.72. The van der Waals surface area contributed by atoms with E-state index in [9.17, 15) is 0 Å². The zero-order valence-electron chi connectivity index (χ0n) is 9.92. The SMILES string of the molecule is NC1(c2cccc(Cl)c2OCC2CC2)CCC1. The third-order valence-electron chi connectivity index (χ3n) is 3.91. The molecule has 2 N–H and O–H groups in total. The highest BCUT2D eigenvalue weighted by atomic mass is 35.5. The van der Waals surface area contributed by atoms with Gasteiger partial charge < -0.3 is 10.5 Å². The van der Waals surface area contributed by atoms with Crippen LogP contribution in [0, 0.1) is 5.92 Å². The molecule has 0 aliphatic heterocycles. The van der Waals surface area contributed by atoms with Crippen LogP contribution in [-0.4, -0.2) is 6.61 Å².